The van der Waals surface area contributed by atoms with Crippen LogP contribution in [0.25, 0.3) is 10.6 Å². The Morgan fingerprint density at radius 1 is 1.18 bits per heavy atom. The first-order valence-corrected chi connectivity index (χ1v) is 6.64. The number of nitrogens with two attached hydrogens (primary N) is 1. The van der Waals surface area contributed by atoms with Gasteiger partial charge in [-0.2, -0.15) is 0 Å². The molecule has 0 saturated heterocycles. The Morgan fingerprint density at radius 3 is 2.29 bits per heavy atom. The lowest BCUT2D eigenvalue weighted by Crippen LogP contribution is -2.10. The third-order valence-electron chi connectivity index (χ3n) is 2.76. The predicted molar refractivity (Wildman–Crippen MR) is 74.1 cm³/mol. The van der Waals surface area contributed by atoms with Crippen LogP contribution in [0.2, 0.25) is 0 Å². The summed E-state index contributed by atoms with van der Waals surface area (Å²) in [6.45, 7) is 7.17. The normalized spacial score (nSPS) is 11.8. The highest BCUT2D eigenvalue weighted by Gasteiger charge is 2.13. The summed E-state index contributed by atoms with van der Waals surface area (Å²) in [6.07, 6.45) is 0. The van der Waals surface area contributed by atoms with Crippen molar-refractivity contribution in [2.24, 2.45) is 5.73 Å². The van der Waals surface area contributed by atoms with E-state index in [-0.39, 0.29) is 5.41 Å². The van der Waals surface area contributed by atoms with Gasteiger partial charge in [0.2, 0.25) is 0 Å². The van der Waals surface area contributed by atoms with Gasteiger partial charge < -0.3 is 5.73 Å². The standard InChI is InChI=1S/C14H18N2S/c1-14(2,3)11-6-4-10(5-7-11)13-16-12(8-15)9-17-13/h4-7,9H,8,15H2,1-3H3. The molecule has 0 fully saturated rings. The van der Waals surface area contributed by atoms with Gasteiger partial charge in [-0.3, -0.25) is 0 Å². The number of aromatic nitrogens is 1. The molecule has 2 aromatic rings. The fourth-order valence-electron chi connectivity index (χ4n) is 1.65. The number of benzene rings is 1. The molecule has 2 nitrogen and oxygen atoms in total. The van der Waals surface area contributed by atoms with Crippen LogP contribution in [0.3, 0.4) is 0 Å². The number of hydrogen-bond acceptors (Lipinski definition) is 3. The lowest BCUT2D eigenvalue weighted by atomic mass is 9.87. The molecule has 90 valence electrons. The van der Waals surface area contributed by atoms with Crippen molar-refractivity contribution < 1.29 is 0 Å². The van der Waals surface area contributed by atoms with E-state index in [0.717, 1.165) is 10.7 Å². The number of rotatable bonds is 2. The zero-order valence-electron chi connectivity index (χ0n) is 10.5. The molecule has 0 aliphatic rings. The van der Waals surface area contributed by atoms with Crippen LogP contribution in [0, 0.1) is 0 Å². The summed E-state index contributed by atoms with van der Waals surface area (Å²) in [5.41, 5.74) is 9.24. The second-order valence-electron chi connectivity index (χ2n) is 5.18. The van der Waals surface area contributed by atoms with Crippen LogP contribution < -0.4 is 5.73 Å². The van der Waals surface area contributed by atoms with Crippen molar-refractivity contribution in [1.82, 2.24) is 4.98 Å². The van der Waals surface area contributed by atoms with Crippen molar-refractivity contribution in [3.05, 3.63) is 40.9 Å². The minimum absolute atomic E-state index is 0.198. The molecular weight excluding hydrogens is 228 g/mol. The zero-order valence-corrected chi connectivity index (χ0v) is 11.3. The van der Waals surface area contributed by atoms with Crippen molar-refractivity contribution in [3.8, 4) is 10.6 Å². The maximum absolute atomic E-state index is 5.57. The minimum Gasteiger partial charge on any atom is -0.325 e. The predicted octanol–water partition coefficient (Wildman–Crippen LogP) is 3.57. The van der Waals surface area contributed by atoms with Crippen LogP contribution in [-0.2, 0) is 12.0 Å². The Kier molecular flexibility index (Phi) is 3.31. The quantitative estimate of drug-likeness (QED) is 0.880. The second kappa shape index (κ2) is 4.59. The molecule has 0 amide bonds. The topological polar surface area (TPSA) is 38.9 Å². The van der Waals surface area contributed by atoms with Gasteiger partial charge in [-0.15, -0.1) is 11.3 Å². The number of hydrogen-bond donors (Lipinski definition) is 1. The molecule has 1 heterocycles. The van der Waals surface area contributed by atoms with E-state index in [2.05, 4.69) is 50.0 Å². The van der Waals surface area contributed by atoms with E-state index in [9.17, 15) is 0 Å². The van der Waals surface area contributed by atoms with Crippen LogP contribution >= 0.6 is 11.3 Å². The van der Waals surface area contributed by atoms with Gasteiger partial charge in [0.25, 0.3) is 0 Å². The van der Waals surface area contributed by atoms with Crippen LogP contribution in [-0.4, -0.2) is 4.98 Å². The molecule has 2 rings (SSSR count). The third-order valence-corrected chi connectivity index (χ3v) is 3.70. The van der Waals surface area contributed by atoms with E-state index in [1.165, 1.54) is 11.1 Å². The first kappa shape index (κ1) is 12.3. The molecule has 0 spiro atoms. The summed E-state index contributed by atoms with van der Waals surface area (Å²) in [5.74, 6) is 0. The van der Waals surface area contributed by atoms with Gasteiger partial charge >= 0.3 is 0 Å². The highest BCUT2D eigenvalue weighted by Crippen LogP contribution is 2.27. The van der Waals surface area contributed by atoms with Crippen LogP contribution in [0.4, 0.5) is 0 Å². The van der Waals surface area contributed by atoms with Gasteiger partial charge in [0.05, 0.1) is 5.69 Å². The largest absolute Gasteiger partial charge is 0.325 e. The van der Waals surface area contributed by atoms with Crippen LogP contribution in [0.1, 0.15) is 32.0 Å². The van der Waals surface area contributed by atoms with E-state index >= 15 is 0 Å². The molecule has 0 atom stereocenters. The number of thiazole rings is 1. The molecule has 0 aliphatic heterocycles. The Hall–Kier alpha value is -1.19. The molecule has 0 saturated carbocycles. The highest BCUT2D eigenvalue weighted by atomic mass is 32.1. The number of nitrogens with zero attached hydrogens (tertiary/aromatic N) is 1. The SMILES string of the molecule is CC(C)(C)c1ccc(-c2nc(CN)cs2)cc1. The molecule has 0 unspecified atom stereocenters. The van der Waals surface area contributed by atoms with E-state index in [1.807, 2.05) is 5.38 Å². The maximum Gasteiger partial charge on any atom is 0.123 e. The Bertz CT molecular complexity index is 492. The lowest BCUT2D eigenvalue weighted by Gasteiger charge is -2.18. The van der Waals surface area contributed by atoms with Gasteiger partial charge in [0.15, 0.2) is 0 Å². The Balaban J connectivity index is 2.29. The third kappa shape index (κ3) is 2.73. The summed E-state index contributed by atoms with van der Waals surface area (Å²) >= 11 is 1.65. The van der Waals surface area contributed by atoms with E-state index in [1.54, 1.807) is 11.3 Å². The zero-order chi connectivity index (χ0) is 12.5. The molecule has 17 heavy (non-hydrogen) atoms. The molecule has 1 aromatic heterocycles. The van der Waals surface area contributed by atoms with E-state index in [4.69, 9.17) is 5.73 Å². The van der Waals surface area contributed by atoms with Gasteiger partial charge in [-0.05, 0) is 11.0 Å². The van der Waals surface area contributed by atoms with Crippen molar-refractivity contribution in [1.29, 1.82) is 0 Å². The summed E-state index contributed by atoms with van der Waals surface area (Å²) < 4.78 is 0. The second-order valence-corrected chi connectivity index (χ2v) is 6.03. The van der Waals surface area contributed by atoms with Gasteiger partial charge in [-0.25, -0.2) is 4.98 Å². The first-order chi connectivity index (χ1) is 8.00. The molecule has 1 aromatic carbocycles. The van der Waals surface area contributed by atoms with Crippen LogP contribution in [0.15, 0.2) is 29.6 Å². The molecule has 0 radical (unpaired) electrons. The highest BCUT2D eigenvalue weighted by molar-refractivity contribution is 7.13. The molecule has 0 aliphatic carbocycles. The summed E-state index contributed by atoms with van der Waals surface area (Å²) in [4.78, 5) is 4.48. The fraction of sp³-hybridized carbons (Fsp3) is 0.357. The average molecular weight is 246 g/mol. The summed E-state index contributed by atoms with van der Waals surface area (Å²) in [6, 6.07) is 8.64. The molecule has 2 N–H and O–H groups in total. The summed E-state index contributed by atoms with van der Waals surface area (Å²) in [5, 5.41) is 3.07. The van der Waals surface area contributed by atoms with Gasteiger partial charge in [0.1, 0.15) is 5.01 Å². The molecule has 3 heteroatoms. The summed E-state index contributed by atoms with van der Waals surface area (Å²) in [7, 11) is 0. The van der Waals surface area contributed by atoms with Crippen molar-refractivity contribution in [2.45, 2.75) is 32.7 Å². The van der Waals surface area contributed by atoms with Crippen LogP contribution in [0.5, 0.6) is 0 Å². The van der Waals surface area contributed by atoms with Gasteiger partial charge in [-0.1, -0.05) is 45.0 Å². The fourth-order valence-corrected chi connectivity index (χ4v) is 2.48. The molecular formula is C14H18N2S. The van der Waals surface area contributed by atoms with E-state index < -0.39 is 0 Å². The lowest BCUT2D eigenvalue weighted by molar-refractivity contribution is 0.590. The van der Waals surface area contributed by atoms with Crippen molar-refractivity contribution in [2.75, 3.05) is 0 Å². The van der Waals surface area contributed by atoms with Crippen molar-refractivity contribution in [3.63, 3.8) is 0 Å². The first-order valence-electron chi connectivity index (χ1n) is 5.76. The maximum atomic E-state index is 5.57. The Labute approximate surface area is 107 Å². The minimum atomic E-state index is 0.198. The monoisotopic (exact) mass is 246 g/mol. The smallest absolute Gasteiger partial charge is 0.123 e. The average Bonchev–Trinajstić information content (AvgIpc) is 2.76. The van der Waals surface area contributed by atoms with Crippen molar-refractivity contribution >= 4 is 11.3 Å². The Morgan fingerprint density at radius 2 is 1.82 bits per heavy atom. The van der Waals surface area contributed by atoms with E-state index in [0.29, 0.717) is 6.54 Å². The molecule has 0 bridgehead atoms. The van der Waals surface area contributed by atoms with Gasteiger partial charge in [0, 0.05) is 17.5 Å².